The van der Waals surface area contributed by atoms with Crippen LogP contribution in [0.2, 0.25) is 0 Å². The number of hydrogen-bond acceptors (Lipinski definition) is 6. The molecule has 0 spiro atoms. The van der Waals surface area contributed by atoms with Crippen LogP contribution in [0.15, 0.2) is 18.6 Å². The summed E-state index contributed by atoms with van der Waals surface area (Å²) < 4.78 is 2.08. The van der Waals surface area contributed by atoms with Crippen molar-refractivity contribution in [1.82, 2.24) is 30.0 Å². The van der Waals surface area contributed by atoms with Gasteiger partial charge in [-0.2, -0.15) is 16.9 Å². The van der Waals surface area contributed by atoms with Crippen LogP contribution in [0, 0.1) is 13.8 Å². The molecule has 2 aromatic heterocycles. The Labute approximate surface area is 148 Å². The van der Waals surface area contributed by atoms with Gasteiger partial charge >= 0.3 is 0 Å². The summed E-state index contributed by atoms with van der Waals surface area (Å²) in [6, 6.07) is 0. The summed E-state index contributed by atoms with van der Waals surface area (Å²) in [5.41, 5.74) is 4.27. The lowest BCUT2D eigenvalue weighted by atomic mass is 10.2. The number of aromatic nitrogens is 4. The van der Waals surface area contributed by atoms with E-state index in [0.717, 1.165) is 43.3 Å². The van der Waals surface area contributed by atoms with E-state index in [1.807, 2.05) is 13.1 Å². The van der Waals surface area contributed by atoms with Crippen LogP contribution in [-0.4, -0.2) is 55.8 Å². The average Bonchev–Trinajstić information content (AvgIpc) is 2.96. The van der Waals surface area contributed by atoms with Crippen LogP contribution in [0.3, 0.4) is 0 Å². The Bertz CT molecular complexity index is 633. The number of aryl methyl sites for hydroxylation is 2. The first-order valence-corrected chi connectivity index (χ1v) is 9.67. The molecule has 130 valence electrons. The summed E-state index contributed by atoms with van der Waals surface area (Å²) in [7, 11) is 0. The smallest absolute Gasteiger partial charge is 0.0724 e. The quantitative estimate of drug-likeness (QED) is 0.822. The number of hydrogen-bond donors (Lipinski definition) is 1. The first kappa shape index (κ1) is 17.4. The van der Waals surface area contributed by atoms with Crippen molar-refractivity contribution in [3.8, 4) is 0 Å². The fraction of sp³-hybridized carbons (Fsp3) is 0.588. The van der Waals surface area contributed by atoms with Crippen LogP contribution in [0.5, 0.6) is 0 Å². The van der Waals surface area contributed by atoms with Crippen LogP contribution in [0.1, 0.15) is 22.6 Å². The van der Waals surface area contributed by atoms with E-state index in [9.17, 15) is 0 Å². The second-order valence-corrected chi connectivity index (χ2v) is 7.43. The largest absolute Gasteiger partial charge is 0.307 e. The van der Waals surface area contributed by atoms with Crippen molar-refractivity contribution in [3.63, 3.8) is 0 Å². The highest BCUT2D eigenvalue weighted by atomic mass is 32.2. The zero-order valence-corrected chi connectivity index (χ0v) is 15.3. The zero-order chi connectivity index (χ0) is 16.8. The van der Waals surface area contributed by atoms with Crippen molar-refractivity contribution in [2.45, 2.75) is 33.5 Å². The fourth-order valence-corrected chi connectivity index (χ4v) is 3.73. The molecule has 3 rings (SSSR count). The molecular formula is C17H26N6S. The summed E-state index contributed by atoms with van der Waals surface area (Å²) in [5.74, 6) is 2.52. The van der Waals surface area contributed by atoms with E-state index in [-0.39, 0.29) is 0 Å². The van der Waals surface area contributed by atoms with Crippen LogP contribution in [0.4, 0.5) is 0 Å². The SMILES string of the molecule is Cc1cnc(CNCc2cn(CCN3CCSCC3)nc2C)cn1. The van der Waals surface area contributed by atoms with Gasteiger partial charge in [0.05, 0.1) is 23.6 Å². The molecule has 0 atom stereocenters. The van der Waals surface area contributed by atoms with Crippen molar-refractivity contribution in [2.75, 3.05) is 31.1 Å². The summed E-state index contributed by atoms with van der Waals surface area (Å²) >= 11 is 2.05. The molecule has 0 saturated carbocycles. The highest BCUT2D eigenvalue weighted by Gasteiger charge is 2.11. The molecule has 1 aliphatic heterocycles. The van der Waals surface area contributed by atoms with Crippen LogP contribution < -0.4 is 5.32 Å². The normalized spacial score (nSPS) is 15.8. The highest BCUT2D eigenvalue weighted by Crippen LogP contribution is 2.10. The van der Waals surface area contributed by atoms with Gasteiger partial charge in [0, 0.05) is 68.4 Å². The summed E-state index contributed by atoms with van der Waals surface area (Å²) in [5, 5.41) is 8.08. The second kappa shape index (κ2) is 8.60. The minimum absolute atomic E-state index is 0.726. The minimum atomic E-state index is 0.726. The van der Waals surface area contributed by atoms with Crippen LogP contribution >= 0.6 is 11.8 Å². The van der Waals surface area contributed by atoms with Crippen molar-refractivity contribution >= 4 is 11.8 Å². The second-order valence-electron chi connectivity index (χ2n) is 6.21. The van der Waals surface area contributed by atoms with E-state index < -0.39 is 0 Å². The van der Waals surface area contributed by atoms with Gasteiger partial charge in [0.25, 0.3) is 0 Å². The number of nitrogens with zero attached hydrogens (tertiary/aromatic N) is 5. The molecule has 0 unspecified atom stereocenters. The molecule has 24 heavy (non-hydrogen) atoms. The third-order valence-corrected chi connectivity index (χ3v) is 5.20. The Morgan fingerprint density at radius 3 is 2.67 bits per heavy atom. The molecule has 1 aliphatic rings. The van der Waals surface area contributed by atoms with Gasteiger partial charge < -0.3 is 5.32 Å². The lowest BCUT2D eigenvalue weighted by molar-refractivity contribution is 0.284. The van der Waals surface area contributed by atoms with Crippen molar-refractivity contribution in [2.24, 2.45) is 0 Å². The highest BCUT2D eigenvalue weighted by molar-refractivity contribution is 7.99. The monoisotopic (exact) mass is 346 g/mol. The Morgan fingerprint density at radius 1 is 1.08 bits per heavy atom. The van der Waals surface area contributed by atoms with E-state index in [1.165, 1.54) is 30.2 Å². The molecule has 1 fully saturated rings. The van der Waals surface area contributed by atoms with Gasteiger partial charge in [-0.15, -0.1) is 0 Å². The number of nitrogens with one attached hydrogen (secondary N) is 1. The van der Waals surface area contributed by atoms with Crippen molar-refractivity contribution in [1.29, 1.82) is 0 Å². The Hall–Kier alpha value is -1.44. The predicted molar refractivity (Wildman–Crippen MR) is 98.0 cm³/mol. The molecule has 2 aromatic rings. The van der Waals surface area contributed by atoms with E-state index in [0.29, 0.717) is 0 Å². The molecule has 0 aromatic carbocycles. The number of thioether (sulfide) groups is 1. The maximum absolute atomic E-state index is 4.65. The van der Waals surface area contributed by atoms with Gasteiger partial charge in [-0.1, -0.05) is 0 Å². The average molecular weight is 347 g/mol. The zero-order valence-electron chi connectivity index (χ0n) is 14.5. The van der Waals surface area contributed by atoms with Gasteiger partial charge in [-0.3, -0.25) is 19.5 Å². The van der Waals surface area contributed by atoms with E-state index in [1.54, 1.807) is 6.20 Å². The third kappa shape index (κ3) is 5.03. The summed E-state index contributed by atoms with van der Waals surface area (Å²) in [6.07, 6.45) is 5.80. The minimum Gasteiger partial charge on any atom is -0.307 e. The van der Waals surface area contributed by atoms with Crippen LogP contribution in [0.25, 0.3) is 0 Å². The van der Waals surface area contributed by atoms with E-state index in [4.69, 9.17) is 0 Å². The Morgan fingerprint density at radius 2 is 1.92 bits per heavy atom. The maximum Gasteiger partial charge on any atom is 0.0724 e. The number of rotatable bonds is 7. The molecule has 6 nitrogen and oxygen atoms in total. The standard InChI is InChI=1S/C17H26N6S/c1-14-9-20-17(12-19-14)11-18-10-16-13-23(21-15(16)2)4-3-22-5-7-24-8-6-22/h9,12-13,18H,3-8,10-11H2,1-2H3. The third-order valence-electron chi connectivity index (χ3n) is 4.25. The fourth-order valence-electron chi connectivity index (χ4n) is 2.75. The lowest BCUT2D eigenvalue weighted by Gasteiger charge is -2.25. The first-order valence-electron chi connectivity index (χ1n) is 8.52. The molecular weight excluding hydrogens is 320 g/mol. The van der Waals surface area contributed by atoms with Gasteiger partial charge in [0.2, 0.25) is 0 Å². The maximum atomic E-state index is 4.65. The Kier molecular flexibility index (Phi) is 6.23. The summed E-state index contributed by atoms with van der Waals surface area (Å²) in [4.78, 5) is 11.2. The molecule has 0 bridgehead atoms. The first-order chi connectivity index (χ1) is 11.7. The summed E-state index contributed by atoms with van der Waals surface area (Å²) in [6.45, 7) is 10.0. The van der Waals surface area contributed by atoms with Crippen LogP contribution in [-0.2, 0) is 19.6 Å². The topological polar surface area (TPSA) is 58.9 Å². The molecule has 0 radical (unpaired) electrons. The van der Waals surface area contributed by atoms with E-state index >= 15 is 0 Å². The van der Waals surface area contributed by atoms with Gasteiger partial charge in [-0.25, -0.2) is 0 Å². The van der Waals surface area contributed by atoms with Gasteiger partial charge in [0.15, 0.2) is 0 Å². The molecule has 7 heteroatoms. The molecule has 3 heterocycles. The van der Waals surface area contributed by atoms with Crippen molar-refractivity contribution in [3.05, 3.63) is 41.2 Å². The molecule has 1 N–H and O–H groups in total. The molecule has 0 aliphatic carbocycles. The Balaban J connectivity index is 1.45. The van der Waals surface area contributed by atoms with Crippen molar-refractivity contribution < 1.29 is 0 Å². The predicted octanol–water partition coefficient (Wildman–Crippen LogP) is 1.63. The van der Waals surface area contributed by atoms with E-state index in [2.05, 4.69) is 54.8 Å². The van der Waals surface area contributed by atoms with Gasteiger partial charge in [0.1, 0.15) is 0 Å². The lowest BCUT2D eigenvalue weighted by Crippen LogP contribution is -2.35. The van der Waals surface area contributed by atoms with Gasteiger partial charge in [-0.05, 0) is 13.8 Å². The molecule has 0 amide bonds. The molecule has 1 saturated heterocycles.